The molecule has 5 N–H and O–H groups in total. The molecule has 0 bridgehead atoms. The molecule has 0 fully saturated rings. The number of anilines is 1. The minimum atomic E-state index is -4.59. The van der Waals surface area contributed by atoms with Gasteiger partial charge in [-0.15, -0.1) is 0 Å². The number of hydrogen-bond donors (Lipinski definition) is 4. The number of rotatable bonds is 3. The summed E-state index contributed by atoms with van der Waals surface area (Å²) in [6, 6.07) is -0.0916. The van der Waals surface area contributed by atoms with Gasteiger partial charge >= 0.3 is 7.60 Å². The first kappa shape index (κ1) is 14.2. The van der Waals surface area contributed by atoms with Crippen LogP contribution in [0.3, 0.4) is 0 Å². The van der Waals surface area contributed by atoms with Crippen LogP contribution in [0.2, 0.25) is 0 Å². The lowest BCUT2D eigenvalue weighted by Crippen LogP contribution is -2.16. The smallest absolute Gasteiger partial charge is 0.376 e. The highest BCUT2D eigenvalue weighted by atomic mass is 31.2. The molecular weight excluding hydrogens is 297 g/mol. The highest BCUT2D eigenvalue weighted by molar-refractivity contribution is 7.60. The van der Waals surface area contributed by atoms with Gasteiger partial charge in [0.05, 0.1) is 12.4 Å². The summed E-state index contributed by atoms with van der Waals surface area (Å²) in [5.41, 5.74) is 5.38. The Kier molecular flexibility index (Phi) is 3.29. The number of imidazole rings is 1. The van der Waals surface area contributed by atoms with E-state index in [1.54, 1.807) is 4.57 Å². The van der Waals surface area contributed by atoms with Gasteiger partial charge in [0.15, 0.2) is 11.1 Å². The van der Waals surface area contributed by atoms with Crippen LogP contribution in [-0.4, -0.2) is 41.0 Å². The normalized spacial score (nSPS) is 22.2. The van der Waals surface area contributed by atoms with Gasteiger partial charge in [-0.2, -0.15) is 4.98 Å². The van der Waals surface area contributed by atoms with Crippen LogP contribution >= 0.6 is 7.60 Å². The van der Waals surface area contributed by atoms with Crippen molar-refractivity contribution in [1.29, 1.82) is 0 Å². The Hall–Kier alpha value is -1.80. The summed E-state index contributed by atoms with van der Waals surface area (Å²) in [5, 5.41) is 9.16. The summed E-state index contributed by atoms with van der Waals surface area (Å²) < 4.78 is 13.2. The van der Waals surface area contributed by atoms with Gasteiger partial charge in [0, 0.05) is 12.5 Å². The molecule has 21 heavy (non-hydrogen) atoms. The summed E-state index contributed by atoms with van der Waals surface area (Å²) in [7, 11) is -4.59. The van der Waals surface area contributed by atoms with E-state index in [-0.39, 0.29) is 35.7 Å². The van der Waals surface area contributed by atoms with Gasteiger partial charge < -0.3 is 25.2 Å². The van der Waals surface area contributed by atoms with Crippen molar-refractivity contribution in [3.8, 4) is 0 Å². The van der Waals surface area contributed by atoms with Crippen LogP contribution in [0.4, 0.5) is 5.95 Å². The topological polar surface area (TPSA) is 147 Å². The van der Waals surface area contributed by atoms with Crippen LogP contribution in [-0.2, 0) is 4.57 Å². The lowest BCUT2D eigenvalue weighted by atomic mass is 10.1. The first-order valence-corrected chi connectivity index (χ1v) is 7.86. The van der Waals surface area contributed by atoms with E-state index < -0.39 is 13.0 Å². The number of aliphatic hydroxyl groups excluding tert-OH is 1. The van der Waals surface area contributed by atoms with Crippen LogP contribution in [0.5, 0.6) is 0 Å². The summed E-state index contributed by atoms with van der Waals surface area (Å²) in [6.07, 6.45) is 5.91. The van der Waals surface area contributed by atoms with Crippen molar-refractivity contribution >= 4 is 30.1 Å². The van der Waals surface area contributed by atoms with Crippen molar-refractivity contribution in [3.05, 3.63) is 18.5 Å². The van der Waals surface area contributed by atoms with Crippen LogP contribution in [0, 0.1) is 5.92 Å². The fraction of sp³-hybridized carbons (Fsp3) is 0.364. The summed E-state index contributed by atoms with van der Waals surface area (Å²) in [4.78, 5) is 30.3. The lowest BCUT2D eigenvalue weighted by molar-refractivity contribution is 0.244. The Morgan fingerprint density at radius 3 is 2.76 bits per heavy atom. The molecule has 0 saturated heterocycles. The molecule has 1 aliphatic rings. The van der Waals surface area contributed by atoms with Gasteiger partial charge in [-0.3, -0.25) is 4.57 Å². The SMILES string of the molecule is Nc1nc(P(=O)(O)O)c2ncn([C@H]3C=C[C@@H](CO)C3)c2n1. The van der Waals surface area contributed by atoms with Crippen LogP contribution in [0.25, 0.3) is 11.2 Å². The van der Waals surface area contributed by atoms with Crippen molar-refractivity contribution in [2.45, 2.75) is 12.5 Å². The zero-order chi connectivity index (χ0) is 15.2. The molecule has 10 heteroatoms. The molecule has 2 aromatic rings. The first-order chi connectivity index (χ1) is 9.90. The lowest BCUT2D eigenvalue weighted by Gasteiger charge is -2.13. The second kappa shape index (κ2) is 4.88. The molecular formula is C11H14N5O4P. The highest BCUT2D eigenvalue weighted by Crippen LogP contribution is 2.36. The number of nitrogens with zero attached hydrogens (tertiary/aromatic N) is 4. The monoisotopic (exact) mass is 311 g/mol. The third-order valence-electron chi connectivity index (χ3n) is 3.44. The first-order valence-electron chi connectivity index (χ1n) is 6.25. The Labute approximate surface area is 119 Å². The zero-order valence-electron chi connectivity index (χ0n) is 10.9. The third-order valence-corrected chi connectivity index (χ3v) is 4.30. The summed E-state index contributed by atoms with van der Waals surface area (Å²) >= 11 is 0. The van der Waals surface area contributed by atoms with E-state index in [1.807, 2.05) is 12.2 Å². The molecule has 3 rings (SSSR count). The maximum atomic E-state index is 11.5. The van der Waals surface area contributed by atoms with E-state index in [0.717, 1.165) is 0 Å². The second-order valence-electron chi connectivity index (χ2n) is 4.90. The molecule has 2 aromatic heterocycles. The van der Waals surface area contributed by atoms with Crippen molar-refractivity contribution in [2.75, 3.05) is 12.3 Å². The number of fused-ring (bicyclic) bond motifs is 1. The van der Waals surface area contributed by atoms with Crippen LogP contribution in [0.1, 0.15) is 12.5 Å². The standard InChI is InChI=1S/C11H14N5O4P/c12-11-14-9-8(10(15-11)21(18,19)20)13-5-16(9)7-2-1-6(3-7)4-17/h1-2,5-7,17H,3-4H2,(H2,12,14,15)(H2,18,19,20)/t6-,7+/m1/s1. The van der Waals surface area contributed by atoms with E-state index >= 15 is 0 Å². The van der Waals surface area contributed by atoms with Gasteiger partial charge in [-0.25, -0.2) is 9.97 Å². The van der Waals surface area contributed by atoms with Crippen molar-refractivity contribution < 1.29 is 19.5 Å². The molecule has 1 aliphatic carbocycles. The quantitative estimate of drug-likeness (QED) is 0.430. The largest absolute Gasteiger partial charge is 0.396 e. The predicted molar refractivity (Wildman–Crippen MR) is 74.8 cm³/mol. The van der Waals surface area contributed by atoms with Crippen molar-refractivity contribution in [2.24, 2.45) is 5.92 Å². The molecule has 0 amide bonds. The number of allylic oxidation sites excluding steroid dienone is 1. The molecule has 0 spiro atoms. The van der Waals surface area contributed by atoms with E-state index in [1.165, 1.54) is 6.33 Å². The summed E-state index contributed by atoms with van der Waals surface area (Å²) in [6.45, 7) is 0.0461. The average Bonchev–Trinajstić information content (AvgIpc) is 3.01. The Balaban J connectivity index is 2.13. The fourth-order valence-electron chi connectivity index (χ4n) is 2.46. The maximum absolute atomic E-state index is 11.5. The molecule has 9 nitrogen and oxygen atoms in total. The average molecular weight is 311 g/mol. The molecule has 112 valence electrons. The Bertz CT molecular complexity index is 767. The van der Waals surface area contributed by atoms with Gasteiger partial charge in [0.1, 0.15) is 5.52 Å². The highest BCUT2D eigenvalue weighted by Gasteiger charge is 2.28. The Morgan fingerprint density at radius 2 is 2.14 bits per heavy atom. The van der Waals surface area contributed by atoms with E-state index in [2.05, 4.69) is 15.0 Å². The Morgan fingerprint density at radius 1 is 1.38 bits per heavy atom. The van der Waals surface area contributed by atoms with E-state index in [9.17, 15) is 14.4 Å². The van der Waals surface area contributed by atoms with E-state index in [0.29, 0.717) is 6.42 Å². The number of nitrogens with two attached hydrogens (primary N) is 1. The minimum absolute atomic E-state index is 0.0402. The van der Waals surface area contributed by atoms with Crippen LogP contribution in [0.15, 0.2) is 18.5 Å². The molecule has 0 aromatic carbocycles. The number of nitrogen functional groups attached to an aromatic ring is 1. The fourth-order valence-corrected chi connectivity index (χ4v) is 3.12. The number of aliphatic hydroxyl groups is 1. The van der Waals surface area contributed by atoms with Crippen LogP contribution < -0.4 is 11.2 Å². The molecule has 2 heterocycles. The third kappa shape index (κ3) is 2.44. The maximum Gasteiger partial charge on any atom is 0.376 e. The molecule has 0 saturated carbocycles. The van der Waals surface area contributed by atoms with Gasteiger partial charge in [0.2, 0.25) is 5.95 Å². The van der Waals surface area contributed by atoms with Gasteiger partial charge in [-0.05, 0) is 6.42 Å². The molecule has 0 radical (unpaired) electrons. The minimum Gasteiger partial charge on any atom is -0.396 e. The van der Waals surface area contributed by atoms with Gasteiger partial charge in [-0.1, -0.05) is 12.2 Å². The van der Waals surface area contributed by atoms with Gasteiger partial charge in [0.25, 0.3) is 0 Å². The molecule has 0 aliphatic heterocycles. The number of hydrogen-bond acceptors (Lipinski definition) is 6. The van der Waals surface area contributed by atoms with Crippen molar-refractivity contribution in [1.82, 2.24) is 19.5 Å². The van der Waals surface area contributed by atoms with E-state index in [4.69, 9.17) is 10.8 Å². The molecule has 0 unspecified atom stereocenters. The number of aromatic nitrogens is 4. The summed E-state index contributed by atoms with van der Waals surface area (Å²) in [5.74, 6) is -0.170. The zero-order valence-corrected chi connectivity index (χ0v) is 11.8. The van der Waals surface area contributed by atoms with Crippen molar-refractivity contribution in [3.63, 3.8) is 0 Å². The molecule has 2 atom stereocenters. The second-order valence-corrected chi connectivity index (χ2v) is 6.42. The predicted octanol–water partition coefficient (Wildman–Crippen LogP) is -0.679.